The molecule has 11 nitrogen and oxygen atoms in total. The summed E-state index contributed by atoms with van der Waals surface area (Å²) in [5.41, 5.74) is -0.157. The van der Waals surface area contributed by atoms with Gasteiger partial charge in [-0.25, -0.2) is 18.0 Å². The molecule has 0 spiro atoms. The number of carbonyl (C=O) groups is 4. The Hall–Kier alpha value is -3.93. The molecule has 2 aliphatic heterocycles. The maximum atomic E-state index is 14.8. The van der Waals surface area contributed by atoms with Crippen molar-refractivity contribution < 1.29 is 37.1 Å². The second-order valence-corrected chi connectivity index (χ2v) is 18.0. The molecule has 0 radical (unpaired) electrons. The number of sulfone groups is 1. The van der Waals surface area contributed by atoms with Crippen LogP contribution in [0.1, 0.15) is 98.0 Å². The Labute approximate surface area is 308 Å². The summed E-state index contributed by atoms with van der Waals surface area (Å²) in [6.45, 7) is 8.58. The lowest BCUT2D eigenvalue weighted by Crippen LogP contribution is -2.57. The number of esters is 1. The Bertz CT molecular complexity index is 1700. The molecule has 284 valence electrons. The minimum Gasteiger partial charge on any atom is -0.464 e. The van der Waals surface area contributed by atoms with Crippen LogP contribution in [0.25, 0.3) is 5.57 Å². The highest BCUT2D eigenvalue weighted by Crippen LogP contribution is 2.48. The third-order valence-corrected chi connectivity index (χ3v) is 13.4. The predicted molar refractivity (Wildman–Crippen MR) is 200 cm³/mol. The van der Waals surface area contributed by atoms with Crippen molar-refractivity contribution in [3.63, 3.8) is 0 Å². The van der Waals surface area contributed by atoms with Crippen LogP contribution in [-0.2, 0) is 33.7 Å². The number of alkyl carbamates (subject to hydrolysis) is 1. The Morgan fingerprint density at radius 1 is 1.02 bits per heavy atom. The van der Waals surface area contributed by atoms with Crippen molar-refractivity contribution >= 4 is 39.3 Å². The quantitative estimate of drug-likeness (QED) is 0.257. The number of nitrogens with one attached hydrogen (secondary N) is 2. The highest BCUT2D eigenvalue weighted by molar-refractivity contribution is 7.92. The number of carbonyl (C=O) groups excluding carboxylic acids is 4. The first kappa shape index (κ1) is 39.3. The number of benzene rings is 1. The topological polar surface area (TPSA) is 148 Å². The van der Waals surface area contributed by atoms with Crippen LogP contribution in [0, 0.1) is 11.8 Å². The lowest BCUT2D eigenvalue weighted by atomic mass is 9.82. The minimum absolute atomic E-state index is 0.123. The summed E-state index contributed by atoms with van der Waals surface area (Å²) in [6, 6.07) is 7.53. The van der Waals surface area contributed by atoms with Gasteiger partial charge in [-0.1, -0.05) is 80.5 Å². The third-order valence-electron chi connectivity index (χ3n) is 10.6. The van der Waals surface area contributed by atoms with E-state index in [0.29, 0.717) is 25.7 Å². The van der Waals surface area contributed by atoms with Crippen molar-refractivity contribution in [1.29, 1.82) is 0 Å². The fourth-order valence-corrected chi connectivity index (χ4v) is 10.2. The fourth-order valence-electron chi connectivity index (χ4n) is 7.89. The molecule has 5 rings (SSSR count). The molecule has 52 heavy (non-hydrogen) atoms. The van der Waals surface area contributed by atoms with Crippen LogP contribution < -0.4 is 10.6 Å². The maximum absolute atomic E-state index is 14.8. The molecule has 6 atom stereocenters. The first-order valence-electron chi connectivity index (χ1n) is 18.8. The summed E-state index contributed by atoms with van der Waals surface area (Å²) in [4.78, 5) is 57.1. The molecule has 1 saturated heterocycles. The summed E-state index contributed by atoms with van der Waals surface area (Å²) < 4.78 is 38.6. The van der Waals surface area contributed by atoms with Gasteiger partial charge in [0.05, 0.1) is 17.1 Å². The zero-order chi connectivity index (χ0) is 37.7. The van der Waals surface area contributed by atoms with E-state index >= 15 is 0 Å². The summed E-state index contributed by atoms with van der Waals surface area (Å²) in [6.07, 6.45) is 13.2. The first-order valence-corrected chi connectivity index (χ1v) is 20.4. The number of fused-ring (bicyclic) bond motifs is 2. The van der Waals surface area contributed by atoms with Crippen molar-refractivity contribution in [2.45, 2.75) is 120 Å². The molecule has 1 saturated carbocycles. The van der Waals surface area contributed by atoms with Crippen molar-refractivity contribution in [2.24, 2.45) is 11.8 Å². The summed E-state index contributed by atoms with van der Waals surface area (Å²) in [7, 11) is -3.91. The van der Waals surface area contributed by atoms with Crippen molar-refractivity contribution in [3.8, 4) is 0 Å². The largest absolute Gasteiger partial charge is 0.464 e. The molecule has 2 aliphatic carbocycles. The van der Waals surface area contributed by atoms with Crippen molar-refractivity contribution in [1.82, 2.24) is 15.5 Å². The van der Waals surface area contributed by atoms with Crippen molar-refractivity contribution in [3.05, 3.63) is 66.3 Å². The maximum Gasteiger partial charge on any atom is 0.408 e. The van der Waals surface area contributed by atoms with Crippen LogP contribution in [0.2, 0.25) is 0 Å². The molecule has 12 heteroatoms. The molecule has 1 aromatic rings. The number of hydrogen-bond donors (Lipinski definition) is 2. The normalized spacial score (nSPS) is 30.4. The van der Waals surface area contributed by atoms with E-state index in [4.69, 9.17) is 9.47 Å². The van der Waals surface area contributed by atoms with E-state index in [2.05, 4.69) is 10.6 Å². The van der Waals surface area contributed by atoms with E-state index in [1.807, 2.05) is 60.7 Å². The predicted octanol–water partition coefficient (Wildman–Crippen LogP) is 5.66. The average molecular weight is 738 g/mol. The van der Waals surface area contributed by atoms with E-state index in [9.17, 15) is 27.6 Å². The molecule has 2 fully saturated rings. The van der Waals surface area contributed by atoms with Gasteiger partial charge in [0, 0.05) is 18.4 Å². The van der Waals surface area contributed by atoms with Gasteiger partial charge in [-0.3, -0.25) is 9.59 Å². The molecule has 4 aliphatic rings. The van der Waals surface area contributed by atoms with Crippen molar-refractivity contribution in [2.75, 3.05) is 18.9 Å². The minimum atomic E-state index is -3.91. The summed E-state index contributed by atoms with van der Waals surface area (Å²) >= 11 is 0. The lowest BCUT2D eigenvalue weighted by Gasteiger charge is -2.36. The van der Waals surface area contributed by atoms with Crippen LogP contribution in [0.15, 0.2) is 60.7 Å². The molecular formula is C40H55N3O8S. The smallest absolute Gasteiger partial charge is 0.408 e. The van der Waals surface area contributed by atoms with Crippen LogP contribution in [0.3, 0.4) is 0 Å². The number of amides is 3. The molecule has 0 bridgehead atoms. The van der Waals surface area contributed by atoms with Gasteiger partial charge < -0.3 is 25.0 Å². The summed E-state index contributed by atoms with van der Waals surface area (Å²) in [5, 5.41) is 5.71. The number of nitrogens with zero attached hydrogens (tertiary/aromatic N) is 1. The zero-order valence-electron chi connectivity index (χ0n) is 31.2. The second-order valence-electron chi connectivity index (χ2n) is 15.6. The lowest BCUT2D eigenvalue weighted by molar-refractivity contribution is -0.150. The standard InChI is InChI=1S/C40H55N3O8S/c1-6-24-52(48,49)39(30-22-20-29(21-23-30)28-16-12-11-13-17-28)26-33-34(44)42-40(36(46)50-7-2)25-31(40)18-14-9-8-10-15-19-32(35(45)43(33)27-39)41-37(47)51-38(3,4)5/h11-14,16-18,20-22,30-33H,6-10,15,19,23-27H2,1-5H3,(H,41,47)(H,42,44)/b18-14-/t30?,31-,32+,33+,39+,40-/m1/s1. The Morgan fingerprint density at radius 3 is 2.42 bits per heavy atom. The molecule has 2 N–H and O–H groups in total. The van der Waals surface area contributed by atoms with E-state index in [-0.39, 0.29) is 37.7 Å². The Kier molecular flexibility index (Phi) is 12.1. The van der Waals surface area contributed by atoms with E-state index in [1.165, 1.54) is 4.90 Å². The number of ether oxygens (including phenoxy) is 2. The van der Waals surface area contributed by atoms with Gasteiger partial charge in [-0.15, -0.1) is 0 Å². The van der Waals surface area contributed by atoms with Gasteiger partial charge >= 0.3 is 12.1 Å². The van der Waals surface area contributed by atoms with Gasteiger partial charge in [-0.05, 0) is 83.8 Å². The van der Waals surface area contributed by atoms with Gasteiger partial charge in [0.2, 0.25) is 11.8 Å². The molecule has 1 unspecified atom stereocenters. The zero-order valence-corrected chi connectivity index (χ0v) is 32.0. The van der Waals surface area contributed by atoms with Gasteiger partial charge in [-0.2, -0.15) is 0 Å². The van der Waals surface area contributed by atoms with E-state index in [0.717, 1.165) is 30.4 Å². The third kappa shape index (κ3) is 8.48. The van der Waals surface area contributed by atoms with E-state index in [1.54, 1.807) is 34.6 Å². The Balaban J connectivity index is 1.57. The Morgan fingerprint density at radius 2 is 1.77 bits per heavy atom. The van der Waals surface area contributed by atoms with Crippen LogP contribution in [0.5, 0.6) is 0 Å². The monoisotopic (exact) mass is 737 g/mol. The average Bonchev–Trinajstić information content (AvgIpc) is 3.62. The molecule has 3 amide bonds. The summed E-state index contributed by atoms with van der Waals surface area (Å²) in [5.74, 6) is -2.67. The molecule has 0 aromatic heterocycles. The fraction of sp³-hybridized carbons (Fsp3) is 0.600. The molecule has 2 heterocycles. The van der Waals surface area contributed by atoms with Crippen LogP contribution >= 0.6 is 0 Å². The highest BCUT2D eigenvalue weighted by Gasteiger charge is 2.64. The molecular weight excluding hydrogens is 683 g/mol. The second kappa shape index (κ2) is 16.0. The molecule has 1 aromatic carbocycles. The number of hydrogen-bond acceptors (Lipinski definition) is 8. The van der Waals surface area contributed by atoms with E-state index < -0.39 is 67.6 Å². The first-order chi connectivity index (χ1) is 24.7. The van der Waals surface area contributed by atoms with Crippen LogP contribution in [0.4, 0.5) is 4.79 Å². The van der Waals surface area contributed by atoms with Crippen LogP contribution in [-0.4, -0.2) is 84.1 Å². The highest BCUT2D eigenvalue weighted by atomic mass is 32.2. The van der Waals surface area contributed by atoms with Gasteiger partial charge in [0.1, 0.15) is 23.2 Å². The number of allylic oxidation sites excluding steroid dienone is 5. The SMILES string of the molecule is CCCS(=O)(=O)[C@@]1(C2C=CC(c3ccccc3)=CC2)C[C@H]2C(=O)N[C@]3(C(=O)OCC)C[C@H]3/C=C\CCCCC[C@H](NC(=O)OC(C)(C)C)C(=O)N2C1. The van der Waals surface area contributed by atoms with Gasteiger partial charge in [0.25, 0.3) is 0 Å². The van der Waals surface area contributed by atoms with Gasteiger partial charge in [0.15, 0.2) is 9.84 Å². The number of rotatable bonds is 8.